The molecule has 0 aliphatic heterocycles. The van der Waals surface area contributed by atoms with E-state index in [1.165, 1.54) is 0 Å². The van der Waals surface area contributed by atoms with Crippen LogP contribution in [0.1, 0.15) is 27.7 Å². The van der Waals surface area contributed by atoms with Crippen LogP contribution in [-0.2, 0) is 0 Å². The average Bonchev–Trinajstić information content (AvgIpc) is 2.66. The maximum absolute atomic E-state index is 6.09. The Labute approximate surface area is 154 Å². The van der Waals surface area contributed by atoms with E-state index < -0.39 is 0 Å². The molecule has 0 fully saturated rings. The molecule has 0 saturated carbocycles. The Morgan fingerprint density at radius 1 is 0.538 bits per heavy atom. The summed E-state index contributed by atoms with van der Waals surface area (Å²) in [6.07, 6.45) is 0. The molecule has 0 unspecified atom stereocenters. The van der Waals surface area contributed by atoms with Crippen LogP contribution in [0, 0.1) is 0 Å². The molecule has 0 amide bonds. The van der Waals surface area contributed by atoms with E-state index in [0.717, 1.165) is 38.8 Å². The third-order valence-corrected chi connectivity index (χ3v) is 4.18. The molecular formula is C22H26O4. The minimum Gasteiger partial charge on any atom is -0.493 e. The smallest absolute Gasteiger partial charge is 0.172 e. The fourth-order valence-corrected chi connectivity index (χ4v) is 3.29. The predicted octanol–water partition coefficient (Wildman–Crippen LogP) is 5.59. The lowest BCUT2D eigenvalue weighted by Gasteiger charge is -2.20. The van der Waals surface area contributed by atoms with Crippen molar-refractivity contribution in [1.29, 1.82) is 0 Å². The van der Waals surface area contributed by atoms with Gasteiger partial charge >= 0.3 is 0 Å². The number of hydrogen-bond acceptors (Lipinski definition) is 4. The van der Waals surface area contributed by atoms with Crippen molar-refractivity contribution in [3.05, 3.63) is 36.4 Å². The maximum atomic E-state index is 6.09. The minimum absolute atomic E-state index is 0.543. The standard InChI is InChI=1S/C22H26O4/c1-5-23-18-14-13-17-19(22(18)26-8-4)21(25-7-3)16-12-10-9-11-15(16)20(17)24-6-2/h9-14H,5-8H2,1-4H3. The van der Waals surface area contributed by atoms with Crippen molar-refractivity contribution >= 4 is 21.5 Å². The largest absolute Gasteiger partial charge is 0.493 e. The molecule has 0 radical (unpaired) electrons. The summed E-state index contributed by atoms with van der Waals surface area (Å²) < 4.78 is 24.0. The van der Waals surface area contributed by atoms with Gasteiger partial charge in [0.2, 0.25) is 0 Å². The van der Waals surface area contributed by atoms with E-state index in [0.29, 0.717) is 32.2 Å². The van der Waals surface area contributed by atoms with E-state index in [4.69, 9.17) is 18.9 Å². The van der Waals surface area contributed by atoms with Gasteiger partial charge in [0, 0.05) is 16.2 Å². The molecule has 0 aliphatic carbocycles. The van der Waals surface area contributed by atoms with Gasteiger partial charge in [0.1, 0.15) is 11.5 Å². The van der Waals surface area contributed by atoms with Crippen molar-refractivity contribution in [2.75, 3.05) is 26.4 Å². The molecular weight excluding hydrogens is 328 g/mol. The highest BCUT2D eigenvalue weighted by Crippen LogP contribution is 2.49. The van der Waals surface area contributed by atoms with E-state index in [1.807, 2.05) is 52.0 Å². The van der Waals surface area contributed by atoms with Gasteiger partial charge in [-0.15, -0.1) is 0 Å². The number of benzene rings is 3. The molecule has 0 aromatic heterocycles. The van der Waals surface area contributed by atoms with Crippen molar-refractivity contribution < 1.29 is 18.9 Å². The summed E-state index contributed by atoms with van der Waals surface area (Å²) in [5, 5.41) is 3.93. The number of rotatable bonds is 8. The van der Waals surface area contributed by atoms with Crippen LogP contribution >= 0.6 is 0 Å². The number of hydrogen-bond donors (Lipinski definition) is 0. The van der Waals surface area contributed by atoms with E-state index in [1.54, 1.807) is 0 Å². The number of ether oxygens (including phenoxy) is 4. The Balaban J connectivity index is 2.49. The van der Waals surface area contributed by atoms with Crippen LogP contribution in [0.4, 0.5) is 0 Å². The molecule has 0 aliphatic rings. The summed E-state index contributed by atoms with van der Waals surface area (Å²) in [6.45, 7) is 10.2. The molecule has 0 N–H and O–H groups in total. The highest BCUT2D eigenvalue weighted by molar-refractivity contribution is 6.13. The third-order valence-electron chi connectivity index (χ3n) is 4.18. The predicted molar refractivity (Wildman–Crippen MR) is 106 cm³/mol. The summed E-state index contributed by atoms with van der Waals surface area (Å²) in [6, 6.07) is 12.1. The van der Waals surface area contributed by atoms with E-state index in [-0.39, 0.29) is 0 Å². The van der Waals surface area contributed by atoms with Crippen LogP contribution in [0.25, 0.3) is 21.5 Å². The van der Waals surface area contributed by atoms with Crippen molar-refractivity contribution in [3.63, 3.8) is 0 Å². The van der Waals surface area contributed by atoms with Crippen LogP contribution in [-0.4, -0.2) is 26.4 Å². The van der Waals surface area contributed by atoms with Gasteiger partial charge in [-0.2, -0.15) is 0 Å². The van der Waals surface area contributed by atoms with Gasteiger partial charge in [-0.05, 0) is 39.8 Å². The Bertz CT molecular complexity index is 902. The zero-order chi connectivity index (χ0) is 18.5. The first kappa shape index (κ1) is 18.2. The zero-order valence-electron chi connectivity index (χ0n) is 15.9. The van der Waals surface area contributed by atoms with Crippen LogP contribution in [0.2, 0.25) is 0 Å². The Kier molecular flexibility index (Phi) is 5.71. The monoisotopic (exact) mass is 354 g/mol. The molecule has 0 bridgehead atoms. The zero-order valence-corrected chi connectivity index (χ0v) is 15.9. The molecule has 138 valence electrons. The molecule has 3 rings (SSSR count). The van der Waals surface area contributed by atoms with Crippen molar-refractivity contribution in [1.82, 2.24) is 0 Å². The summed E-state index contributed by atoms with van der Waals surface area (Å²) in [7, 11) is 0. The van der Waals surface area contributed by atoms with Gasteiger partial charge in [0.15, 0.2) is 11.5 Å². The molecule has 3 aromatic carbocycles. The molecule has 0 heterocycles. The molecule has 0 spiro atoms. The lowest BCUT2D eigenvalue weighted by atomic mass is 9.99. The highest BCUT2D eigenvalue weighted by Gasteiger charge is 2.22. The topological polar surface area (TPSA) is 36.9 Å². The first-order valence-electron chi connectivity index (χ1n) is 9.29. The van der Waals surface area contributed by atoms with E-state index in [9.17, 15) is 0 Å². The van der Waals surface area contributed by atoms with Gasteiger partial charge < -0.3 is 18.9 Å². The first-order valence-corrected chi connectivity index (χ1v) is 9.29. The van der Waals surface area contributed by atoms with Crippen molar-refractivity contribution in [2.24, 2.45) is 0 Å². The lowest BCUT2D eigenvalue weighted by Crippen LogP contribution is -2.03. The van der Waals surface area contributed by atoms with Gasteiger partial charge in [-0.1, -0.05) is 24.3 Å². The van der Waals surface area contributed by atoms with Gasteiger partial charge in [-0.25, -0.2) is 0 Å². The quantitative estimate of drug-likeness (QED) is 0.494. The number of fused-ring (bicyclic) bond motifs is 2. The summed E-state index contributed by atoms with van der Waals surface area (Å²) >= 11 is 0. The van der Waals surface area contributed by atoms with Crippen LogP contribution in [0.5, 0.6) is 23.0 Å². The maximum Gasteiger partial charge on any atom is 0.172 e. The lowest BCUT2D eigenvalue weighted by molar-refractivity contribution is 0.289. The second-order valence-corrected chi connectivity index (χ2v) is 5.75. The Morgan fingerprint density at radius 3 is 1.69 bits per heavy atom. The highest BCUT2D eigenvalue weighted by atomic mass is 16.5. The Hall–Kier alpha value is -2.62. The first-order chi connectivity index (χ1) is 12.8. The molecule has 26 heavy (non-hydrogen) atoms. The molecule has 4 heteroatoms. The molecule has 3 aromatic rings. The molecule has 0 atom stereocenters. The van der Waals surface area contributed by atoms with E-state index >= 15 is 0 Å². The average molecular weight is 354 g/mol. The fraction of sp³-hybridized carbons (Fsp3) is 0.364. The van der Waals surface area contributed by atoms with Gasteiger partial charge in [0.05, 0.1) is 31.8 Å². The van der Waals surface area contributed by atoms with Gasteiger partial charge in [0.25, 0.3) is 0 Å². The fourth-order valence-electron chi connectivity index (χ4n) is 3.29. The van der Waals surface area contributed by atoms with Crippen LogP contribution in [0.15, 0.2) is 36.4 Å². The van der Waals surface area contributed by atoms with Crippen molar-refractivity contribution in [2.45, 2.75) is 27.7 Å². The minimum atomic E-state index is 0.543. The second-order valence-electron chi connectivity index (χ2n) is 5.75. The van der Waals surface area contributed by atoms with Crippen LogP contribution in [0.3, 0.4) is 0 Å². The second kappa shape index (κ2) is 8.17. The van der Waals surface area contributed by atoms with E-state index in [2.05, 4.69) is 12.1 Å². The van der Waals surface area contributed by atoms with Gasteiger partial charge in [-0.3, -0.25) is 0 Å². The van der Waals surface area contributed by atoms with Crippen molar-refractivity contribution in [3.8, 4) is 23.0 Å². The Morgan fingerprint density at radius 2 is 1.08 bits per heavy atom. The third kappa shape index (κ3) is 3.12. The molecule has 4 nitrogen and oxygen atoms in total. The SMILES string of the molecule is CCOc1ccc2c(OCC)c3ccccc3c(OCC)c2c1OCC. The van der Waals surface area contributed by atoms with Crippen LogP contribution < -0.4 is 18.9 Å². The summed E-state index contributed by atoms with van der Waals surface area (Å²) in [5.74, 6) is 3.10. The summed E-state index contributed by atoms with van der Waals surface area (Å²) in [4.78, 5) is 0. The summed E-state index contributed by atoms with van der Waals surface area (Å²) in [5.41, 5.74) is 0. The normalized spacial score (nSPS) is 10.9. The molecule has 0 saturated heterocycles.